The molecule has 0 bridgehead atoms. The molecule has 0 fully saturated rings. The average molecular weight is 568 g/mol. The van der Waals surface area contributed by atoms with Gasteiger partial charge in [-0.15, -0.1) is 0 Å². The molecule has 0 saturated heterocycles. The molecule has 0 aliphatic rings. The van der Waals surface area contributed by atoms with Gasteiger partial charge in [-0.1, -0.05) is 19.9 Å². The van der Waals surface area contributed by atoms with Crippen molar-refractivity contribution in [3.05, 3.63) is 83.2 Å². The van der Waals surface area contributed by atoms with Crippen LogP contribution in [0.2, 0.25) is 0 Å². The van der Waals surface area contributed by atoms with Gasteiger partial charge in [-0.3, -0.25) is 14.3 Å². The molecule has 214 valence electrons. The number of nitrogens with zero attached hydrogens (tertiary/aromatic N) is 6. The number of hydrogen-bond acceptors (Lipinski definition) is 8. The predicted octanol–water partition coefficient (Wildman–Crippen LogP) is 5.84. The van der Waals surface area contributed by atoms with Gasteiger partial charge in [0.1, 0.15) is 17.3 Å². The number of anilines is 3. The number of carbonyl (C=O) groups is 1. The fourth-order valence-electron chi connectivity index (χ4n) is 4.48. The van der Waals surface area contributed by atoms with Crippen LogP contribution in [0.1, 0.15) is 45.5 Å². The number of halogens is 1. The zero-order chi connectivity index (χ0) is 30.0. The van der Waals surface area contributed by atoms with Gasteiger partial charge in [-0.25, -0.2) is 24.1 Å². The molecule has 4 heterocycles. The van der Waals surface area contributed by atoms with Gasteiger partial charge in [0.25, 0.3) is 5.56 Å². The molecule has 4 aromatic heterocycles. The minimum Gasteiger partial charge on any atom is -0.357 e. The summed E-state index contributed by atoms with van der Waals surface area (Å²) in [6.45, 7) is 7.70. The van der Waals surface area contributed by atoms with E-state index in [1.54, 1.807) is 42.3 Å². The number of benzene rings is 1. The third kappa shape index (κ3) is 5.64. The molecule has 1 aromatic carbocycles. The van der Waals surface area contributed by atoms with Crippen molar-refractivity contribution in [2.75, 3.05) is 23.0 Å². The minimum atomic E-state index is -0.705. The van der Waals surface area contributed by atoms with E-state index in [4.69, 9.17) is 0 Å². The van der Waals surface area contributed by atoms with Crippen LogP contribution in [0.15, 0.2) is 66.0 Å². The predicted molar refractivity (Wildman–Crippen MR) is 161 cm³/mol. The van der Waals surface area contributed by atoms with Gasteiger partial charge in [0.2, 0.25) is 5.95 Å². The van der Waals surface area contributed by atoms with Crippen LogP contribution in [0.5, 0.6) is 0 Å². The van der Waals surface area contributed by atoms with E-state index < -0.39 is 11.8 Å². The summed E-state index contributed by atoms with van der Waals surface area (Å²) in [7, 11) is 1.70. The minimum absolute atomic E-state index is 0.0625. The van der Waals surface area contributed by atoms with E-state index in [-0.39, 0.29) is 23.2 Å². The van der Waals surface area contributed by atoms with E-state index in [0.29, 0.717) is 50.9 Å². The van der Waals surface area contributed by atoms with E-state index in [1.165, 1.54) is 24.4 Å². The molecule has 2 amide bonds. The Morgan fingerprint density at radius 3 is 2.40 bits per heavy atom. The maximum absolute atomic E-state index is 14.9. The van der Waals surface area contributed by atoms with Crippen LogP contribution < -0.4 is 21.5 Å². The van der Waals surface area contributed by atoms with Gasteiger partial charge in [-0.05, 0) is 49.7 Å². The summed E-state index contributed by atoms with van der Waals surface area (Å²) in [5, 5.41) is 8.80. The fourth-order valence-corrected chi connectivity index (χ4v) is 4.48. The number of carbonyl (C=O) groups excluding carboxylic acids is 1. The number of fused-ring (bicyclic) bond motifs is 1. The quantitative estimate of drug-likeness (QED) is 0.223. The molecule has 0 atom stereocenters. The van der Waals surface area contributed by atoms with Crippen LogP contribution in [0.4, 0.5) is 26.5 Å². The number of amides is 2. The zero-order valence-electron chi connectivity index (χ0n) is 23.8. The first-order chi connectivity index (χ1) is 20.2. The van der Waals surface area contributed by atoms with Crippen molar-refractivity contribution in [1.82, 2.24) is 29.5 Å². The summed E-state index contributed by atoms with van der Waals surface area (Å²) in [5.74, 6) is 0.389. The molecule has 0 aliphatic heterocycles. The SMILES string of the molecule is CNc1ncc2cc(-c3ccc(F)c(NC(=O)Nc4cnc(C(C)C)nc4-c4cccnc4)c3)c(=O)n(C(C)C)c2n1. The topological polar surface area (TPSA) is 140 Å². The Kier molecular flexibility index (Phi) is 7.87. The first kappa shape index (κ1) is 28.3. The van der Waals surface area contributed by atoms with Gasteiger partial charge in [0.05, 0.1) is 23.3 Å². The maximum Gasteiger partial charge on any atom is 0.323 e. The number of aromatic nitrogens is 6. The third-order valence-corrected chi connectivity index (χ3v) is 6.55. The lowest BCUT2D eigenvalue weighted by atomic mass is 10.0. The molecule has 42 heavy (non-hydrogen) atoms. The summed E-state index contributed by atoms with van der Waals surface area (Å²) in [6.07, 6.45) is 6.42. The van der Waals surface area contributed by atoms with Crippen molar-refractivity contribution < 1.29 is 9.18 Å². The largest absolute Gasteiger partial charge is 0.357 e. The molecular formula is C30H30FN9O2. The molecule has 0 saturated carbocycles. The first-order valence-electron chi connectivity index (χ1n) is 13.4. The van der Waals surface area contributed by atoms with Crippen LogP contribution in [0, 0.1) is 5.82 Å². The lowest BCUT2D eigenvalue weighted by Gasteiger charge is -2.16. The summed E-state index contributed by atoms with van der Waals surface area (Å²) in [4.78, 5) is 48.6. The molecule has 11 nitrogen and oxygen atoms in total. The number of pyridine rings is 2. The Bertz CT molecular complexity index is 1840. The van der Waals surface area contributed by atoms with Crippen molar-refractivity contribution >= 4 is 34.4 Å². The summed E-state index contributed by atoms with van der Waals surface area (Å²) >= 11 is 0. The number of urea groups is 1. The lowest BCUT2D eigenvalue weighted by molar-refractivity contribution is 0.262. The highest BCUT2D eigenvalue weighted by molar-refractivity contribution is 6.02. The second-order valence-electron chi connectivity index (χ2n) is 10.2. The zero-order valence-corrected chi connectivity index (χ0v) is 23.8. The highest BCUT2D eigenvalue weighted by atomic mass is 19.1. The molecule has 5 aromatic rings. The average Bonchev–Trinajstić information content (AvgIpc) is 2.98. The van der Waals surface area contributed by atoms with Gasteiger partial charge < -0.3 is 16.0 Å². The highest BCUT2D eigenvalue weighted by Gasteiger charge is 2.18. The number of rotatable bonds is 7. The van der Waals surface area contributed by atoms with E-state index in [2.05, 4.69) is 40.9 Å². The number of nitrogens with one attached hydrogen (secondary N) is 3. The van der Waals surface area contributed by atoms with Gasteiger partial charge >= 0.3 is 6.03 Å². The van der Waals surface area contributed by atoms with E-state index in [1.807, 2.05) is 33.8 Å². The van der Waals surface area contributed by atoms with Crippen molar-refractivity contribution in [2.45, 2.75) is 39.7 Å². The molecule has 3 N–H and O–H groups in total. The third-order valence-electron chi connectivity index (χ3n) is 6.55. The molecule has 0 radical (unpaired) electrons. The Labute approximate surface area is 241 Å². The van der Waals surface area contributed by atoms with E-state index in [0.717, 1.165) is 0 Å². The van der Waals surface area contributed by atoms with Gasteiger partial charge in [0, 0.05) is 54.1 Å². The van der Waals surface area contributed by atoms with Crippen LogP contribution in [-0.4, -0.2) is 42.6 Å². The van der Waals surface area contributed by atoms with Crippen LogP contribution >= 0.6 is 0 Å². The summed E-state index contributed by atoms with van der Waals surface area (Å²) < 4.78 is 16.5. The van der Waals surface area contributed by atoms with Crippen molar-refractivity contribution in [3.63, 3.8) is 0 Å². The summed E-state index contributed by atoms with van der Waals surface area (Å²) in [6, 6.07) is 8.47. The molecular weight excluding hydrogens is 537 g/mol. The second-order valence-corrected chi connectivity index (χ2v) is 10.2. The highest BCUT2D eigenvalue weighted by Crippen LogP contribution is 2.29. The molecule has 0 aliphatic carbocycles. The van der Waals surface area contributed by atoms with Gasteiger partial charge in [-0.2, -0.15) is 4.98 Å². The smallest absolute Gasteiger partial charge is 0.323 e. The Morgan fingerprint density at radius 2 is 1.71 bits per heavy atom. The van der Waals surface area contributed by atoms with Crippen molar-refractivity contribution in [3.8, 4) is 22.4 Å². The van der Waals surface area contributed by atoms with Crippen molar-refractivity contribution in [1.29, 1.82) is 0 Å². The van der Waals surface area contributed by atoms with Gasteiger partial charge in [0.15, 0.2) is 0 Å². The standard InChI is InChI=1S/C30H30FN9O2/c1-16(2)26-34-15-24(25(38-26)19-7-6-10-33-13-19)37-30(42)36-23-12-18(8-9-22(23)31)21-11-20-14-35-29(32-5)39-27(20)40(17(3)4)28(21)41/h6-17H,1-5H3,(H,32,35,39)(H2,36,37,42). The van der Waals surface area contributed by atoms with Crippen LogP contribution in [0.3, 0.4) is 0 Å². The Hall–Kier alpha value is -5.26. The molecule has 12 heteroatoms. The van der Waals surface area contributed by atoms with E-state index >= 15 is 0 Å². The molecule has 0 spiro atoms. The summed E-state index contributed by atoms with van der Waals surface area (Å²) in [5.41, 5.74) is 2.32. The molecule has 0 unspecified atom stereocenters. The van der Waals surface area contributed by atoms with E-state index in [9.17, 15) is 14.0 Å². The van der Waals surface area contributed by atoms with Crippen molar-refractivity contribution in [2.24, 2.45) is 0 Å². The second kappa shape index (κ2) is 11.7. The first-order valence-corrected chi connectivity index (χ1v) is 13.4. The monoisotopic (exact) mass is 567 g/mol. The maximum atomic E-state index is 14.9. The normalized spacial score (nSPS) is 11.2. The fraction of sp³-hybridized carbons (Fsp3) is 0.233. The molecule has 5 rings (SSSR count). The lowest BCUT2D eigenvalue weighted by Crippen LogP contribution is -2.25. The Balaban J connectivity index is 1.49. The number of hydrogen-bond donors (Lipinski definition) is 3. The van der Waals surface area contributed by atoms with Crippen LogP contribution in [0.25, 0.3) is 33.4 Å². The Morgan fingerprint density at radius 1 is 0.929 bits per heavy atom. The van der Waals surface area contributed by atoms with Crippen LogP contribution in [-0.2, 0) is 0 Å².